The summed E-state index contributed by atoms with van der Waals surface area (Å²) in [6, 6.07) is 59.7. The van der Waals surface area contributed by atoms with Crippen LogP contribution in [0.4, 0.5) is 22.9 Å². The van der Waals surface area contributed by atoms with E-state index in [0.29, 0.717) is 11.5 Å². The monoisotopic (exact) mass is 944 g/mol. The summed E-state index contributed by atoms with van der Waals surface area (Å²) in [6.07, 6.45) is 3.73. The van der Waals surface area contributed by atoms with Crippen LogP contribution in [0.2, 0.25) is 0 Å². The molecule has 8 heteroatoms. The van der Waals surface area contributed by atoms with Gasteiger partial charge in [-0.15, -0.1) is 48.1 Å². The van der Waals surface area contributed by atoms with Crippen LogP contribution in [-0.2, 0) is 26.5 Å². The Morgan fingerprint density at radius 1 is 0.542 bits per heavy atom. The predicted molar refractivity (Wildman–Crippen MR) is 235 cm³/mol. The fourth-order valence-corrected chi connectivity index (χ4v) is 8.27. The average Bonchev–Trinajstić information content (AvgIpc) is 3.92. The van der Waals surface area contributed by atoms with Gasteiger partial charge in [-0.3, -0.25) is 0 Å². The minimum Gasteiger partial charge on any atom is -0.509 e. The van der Waals surface area contributed by atoms with Crippen LogP contribution in [0, 0.1) is 18.8 Å². The molecule has 0 fully saturated rings. The van der Waals surface area contributed by atoms with Gasteiger partial charge in [0.05, 0.1) is 16.7 Å². The van der Waals surface area contributed by atoms with E-state index in [1.807, 2.05) is 42.7 Å². The van der Waals surface area contributed by atoms with E-state index in [9.17, 15) is 0 Å². The Bertz CT molecular complexity index is 3200. The molecular weight excluding hydrogens is 908 g/mol. The van der Waals surface area contributed by atoms with Crippen molar-refractivity contribution in [3.05, 3.63) is 188 Å². The zero-order valence-corrected chi connectivity index (χ0v) is 34.8. The zero-order chi connectivity index (χ0) is 39.0. The Morgan fingerprint density at radius 2 is 1.27 bits per heavy atom. The van der Waals surface area contributed by atoms with E-state index in [4.69, 9.17) is 14.7 Å². The molecule has 0 saturated carbocycles. The molecule has 1 aliphatic heterocycles. The molecule has 5 heterocycles. The Labute approximate surface area is 357 Å². The summed E-state index contributed by atoms with van der Waals surface area (Å²) in [5.74, 6) is 2.86. The van der Waals surface area contributed by atoms with Gasteiger partial charge in [-0.1, -0.05) is 80.9 Å². The fraction of sp³-hybridized carbons (Fsp3) is 0.0784. The molecule has 11 rings (SSSR count). The molecule has 7 nitrogen and oxygen atoms in total. The number of para-hydroxylation sites is 3. The maximum Gasteiger partial charge on any atom is 0.135 e. The summed E-state index contributed by atoms with van der Waals surface area (Å²) in [4.78, 5) is 14.0. The van der Waals surface area contributed by atoms with Gasteiger partial charge in [-0.25, -0.2) is 9.97 Å². The van der Waals surface area contributed by atoms with Crippen molar-refractivity contribution >= 4 is 66.5 Å². The van der Waals surface area contributed by atoms with Crippen molar-refractivity contribution in [2.45, 2.75) is 26.2 Å². The smallest absolute Gasteiger partial charge is 0.135 e. The van der Waals surface area contributed by atoms with Gasteiger partial charge >= 0.3 is 0 Å². The molecule has 6 aromatic carbocycles. The van der Waals surface area contributed by atoms with Crippen LogP contribution < -0.4 is 14.5 Å². The van der Waals surface area contributed by atoms with E-state index in [-0.39, 0.29) is 26.5 Å². The van der Waals surface area contributed by atoms with Crippen LogP contribution in [0.3, 0.4) is 0 Å². The molecule has 0 N–H and O–H groups in total. The van der Waals surface area contributed by atoms with Gasteiger partial charge in [0, 0.05) is 72.6 Å². The number of hydrogen-bond acceptors (Lipinski definition) is 5. The van der Waals surface area contributed by atoms with Gasteiger partial charge in [0.25, 0.3) is 0 Å². The molecule has 290 valence electrons. The van der Waals surface area contributed by atoms with Crippen LogP contribution in [0.1, 0.15) is 26.3 Å². The van der Waals surface area contributed by atoms with Gasteiger partial charge in [-0.05, 0) is 83.1 Å². The van der Waals surface area contributed by atoms with E-state index >= 15 is 0 Å². The minimum absolute atomic E-state index is 0. The number of rotatable bonds is 6. The summed E-state index contributed by atoms with van der Waals surface area (Å²) in [5, 5.41) is 4.60. The number of aromatic nitrogens is 4. The molecule has 0 aliphatic carbocycles. The number of ether oxygens (including phenoxy) is 1. The molecule has 0 saturated heterocycles. The van der Waals surface area contributed by atoms with E-state index < -0.39 is 0 Å². The van der Waals surface area contributed by atoms with Crippen molar-refractivity contribution in [2.24, 2.45) is 0 Å². The Balaban J connectivity index is 0.00000420. The fourth-order valence-electron chi connectivity index (χ4n) is 8.27. The Hall–Kier alpha value is -6.69. The van der Waals surface area contributed by atoms with E-state index in [1.54, 1.807) is 0 Å². The first-order valence-electron chi connectivity index (χ1n) is 19.5. The van der Waals surface area contributed by atoms with Crippen LogP contribution in [0.25, 0.3) is 55.1 Å². The van der Waals surface area contributed by atoms with Crippen molar-refractivity contribution in [3.63, 3.8) is 0 Å². The number of benzene rings is 6. The first kappa shape index (κ1) is 36.6. The summed E-state index contributed by atoms with van der Waals surface area (Å²) < 4.78 is 11.1. The van der Waals surface area contributed by atoms with Crippen LogP contribution in [0.5, 0.6) is 11.5 Å². The Morgan fingerprint density at radius 3 is 2.08 bits per heavy atom. The summed E-state index contributed by atoms with van der Waals surface area (Å²) in [5.41, 5.74) is 9.41. The third kappa shape index (κ3) is 6.16. The SMILES string of the molecule is CC(C)(C)c1ccnc(-n2c3[c-]c(Oc4[c-]c(N5[CH-]N(c6ccc7c(c6)c6ccccc6n7-c6ccccc6)c6ncccc65)ccc4)ccc3c3ccccc32)c1.[Pt]. The van der Waals surface area contributed by atoms with Crippen LogP contribution in [0.15, 0.2) is 164 Å². The number of nitrogens with zero attached hydrogens (tertiary/aromatic N) is 6. The normalized spacial score (nSPS) is 12.7. The molecule has 59 heavy (non-hydrogen) atoms. The number of pyridine rings is 2. The van der Waals surface area contributed by atoms with E-state index in [2.05, 4.69) is 180 Å². The summed E-state index contributed by atoms with van der Waals surface area (Å²) in [6.45, 7) is 8.75. The average molecular weight is 945 g/mol. The second kappa shape index (κ2) is 14.3. The largest absolute Gasteiger partial charge is 0.509 e. The number of fused-ring (bicyclic) bond motifs is 7. The van der Waals surface area contributed by atoms with Crippen molar-refractivity contribution in [1.82, 2.24) is 19.1 Å². The third-order valence-corrected chi connectivity index (χ3v) is 11.1. The minimum atomic E-state index is -0.0203. The second-order valence-electron chi connectivity index (χ2n) is 15.7. The first-order valence-corrected chi connectivity index (χ1v) is 19.5. The molecule has 4 aromatic heterocycles. The second-order valence-corrected chi connectivity index (χ2v) is 15.7. The van der Waals surface area contributed by atoms with Gasteiger partial charge in [0.1, 0.15) is 11.6 Å². The number of hydrogen-bond donors (Lipinski definition) is 0. The zero-order valence-electron chi connectivity index (χ0n) is 32.6. The molecule has 0 atom stereocenters. The summed E-state index contributed by atoms with van der Waals surface area (Å²) in [7, 11) is 0. The van der Waals surface area contributed by atoms with Crippen LogP contribution in [-0.4, -0.2) is 19.1 Å². The molecule has 0 unspecified atom stereocenters. The molecular formula is C51H37N6OPt-3. The molecule has 0 amide bonds. The van der Waals surface area contributed by atoms with Gasteiger partial charge in [0.2, 0.25) is 0 Å². The molecule has 0 spiro atoms. The predicted octanol–water partition coefficient (Wildman–Crippen LogP) is 12.8. The maximum absolute atomic E-state index is 6.56. The van der Waals surface area contributed by atoms with Crippen molar-refractivity contribution in [3.8, 4) is 23.0 Å². The topological polar surface area (TPSA) is 51.4 Å². The van der Waals surface area contributed by atoms with Gasteiger partial charge in [-0.2, -0.15) is 12.1 Å². The van der Waals surface area contributed by atoms with E-state index in [0.717, 1.165) is 61.7 Å². The van der Waals surface area contributed by atoms with Crippen molar-refractivity contribution in [1.29, 1.82) is 0 Å². The third-order valence-electron chi connectivity index (χ3n) is 11.1. The van der Waals surface area contributed by atoms with E-state index in [1.165, 1.54) is 21.9 Å². The summed E-state index contributed by atoms with van der Waals surface area (Å²) >= 11 is 0. The number of anilines is 4. The standard InChI is InChI=1S/C51H37N6O.Pt/c1-51(2,3)34-26-28-52-49(29-34)57-45-20-10-7-17-40(45)42-24-23-39(32-48(42)57)58-38-16-11-15-36(30-38)54-33-55(50-47(54)21-12-27-53-50)37-22-25-46-43(31-37)41-18-8-9-19-44(41)56(46)35-13-5-4-6-14-35;/h4-29,31,33H,1-3H3;/q-3;. The molecule has 10 aromatic rings. The molecule has 1 aliphatic rings. The van der Waals surface area contributed by atoms with Crippen molar-refractivity contribution in [2.75, 3.05) is 9.80 Å². The molecule has 0 bridgehead atoms. The van der Waals surface area contributed by atoms with Gasteiger partial charge < -0.3 is 23.7 Å². The first-order chi connectivity index (χ1) is 28.4. The maximum atomic E-state index is 6.56. The van der Waals surface area contributed by atoms with Crippen LogP contribution >= 0.6 is 0 Å². The quantitative estimate of drug-likeness (QED) is 0.156. The van der Waals surface area contributed by atoms with Crippen molar-refractivity contribution < 1.29 is 25.8 Å². The molecule has 0 radical (unpaired) electrons. The van der Waals surface area contributed by atoms with Gasteiger partial charge in [0.15, 0.2) is 0 Å². The Kier molecular flexibility index (Phi) is 8.88.